The van der Waals surface area contributed by atoms with E-state index >= 15 is 0 Å². The topological polar surface area (TPSA) is 58.6 Å². The summed E-state index contributed by atoms with van der Waals surface area (Å²) in [4.78, 5) is 25.5. The second-order valence-electron chi connectivity index (χ2n) is 7.27. The summed E-state index contributed by atoms with van der Waals surface area (Å²) in [6.07, 6.45) is 4.99. The van der Waals surface area contributed by atoms with E-state index in [0.717, 1.165) is 30.2 Å². The highest BCUT2D eigenvalue weighted by atomic mass is 16.5. The molecule has 0 N–H and O–H groups in total. The highest BCUT2D eigenvalue weighted by Crippen LogP contribution is 2.25. The lowest BCUT2D eigenvalue weighted by Gasteiger charge is -2.33. The fraction of sp³-hybridized carbons (Fsp3) is 0.318. The Labute approximate surface area is 164 Å². The first-order valence-corrected chi connectivity index (χ1v) is 9.55. The molecule has 0 spiro atoms. The van der Waals surface area contributed by atoms with Crippen LogP contribution in [0.25, 0.3) is 10.8 Å². The number of fused-ring (bicyclic) bond motifs is 1. The Balaban J connectivity index is 1.49. The molecule has 1 aliphatic heterocycles. The van der Waals surface area contributed by atoms with Crippen molar-refractivity contribution in [3.05, 3.63) is 60.4 Å². The van der Waals surface area contributed by atoms with Crippen molar-refractivity contribution in [2.45, 2.75) is 18.9 Å². The summed E-state index contributed by atoms with van der Waals surface area (Å²) in [6, 6.07) is 14.0. The summed E-state index contributed by atoms with van der Waals surface area (Å²) >= 11 is 0. The van der Waals surface area contributed by atoms with E-state index in [2.05, 4.69) is 16.0 Å². The second kappa shape index (κ2) is 7.84. The molecule has 1 saturated heterocycles. The van der Waals surface area contributed by atoms with Crippen molar-refractivity contribution in [2.24, 2.45) is 0 Å². The van der Waals surface area contributed by atoms with Crippen LogP contribution in [-0.2, 0) is 0 Å². The fourth-order valence-electron chi connectivity index (χ4n) is 3.59. The Kier molecular flexibility index (Phi) is 5.10. The monoisotopic (exact) mass is 376 g/mol. The van der Waals surface area contributed by atoms with Crippen LogP contribution in [0.3, 0.4) is 0 Å². The number of carbonyl (C=O) groups is 1. The van der Waals surface area contributed by atoms with Gasteiger partial charge in [-0.1, -0.05) is 30.3 Å². The average Bonchev–Trinajstić information content (AvgIpc) is 2.73. The van der Waals surface area contributed by atoms with Crippen LogP contribution in [0.1, 0.15) is 23.2 Å². The number of amides is 1. The van der Waals surface area contributed by atoms with Crippen LogP contribution in [0.4, 0.5) is 5.82 Å². The molecule has 28 heavy (non-hydrogen) atoms. The Morgan fingerprint density at radius 3 is 2.71 bits per heavy atom. The predicted octanol–water partition coefficient (Wildman–Crippen LogP) is 3.38. The van der Waals surface area contributed by atoms with E-state index in [0.29, 0.717) is 23.8 Å². The maximum absolute atomic E-state index is 13.1. The smallest absolute Gasteiger partial charge is 0.257 e. The zero-order chi connectivity index (χ0) is 19.5. The zero-order valence-electron chi connectivity index (χ0n) is 16.2. The molecule has 0 saturated carbocycles. The molecular weight excluding hydrogens is 352 g/mol. The number of likely N-dealkylation sites (tertiary alicyclic amines) is 1. The minimum Gasteiger partial charge on any atom is -0.470 e. The van der Waals surface area contributed by atoms with Gasteiger partial charge in [0.05, 0.1) is 6.54 Å². The molecule has 2 aromatic carbocycles. The van der Waals surface area contributed by atoms with Gasteiger partial charge < -0.3 is 14.5 Å². The SMILES string of the molecule is CN(C)c1nccnc1OC1CCCN(C(=O)c2ccc3ccccc3c2)C1. The number of rotatable bonds is 4. The number of hydrogen-bond donors (Lipinski definition) is 0. The number of carbonyl (C=O) groups excluding carboxylic acids is 1. The van der Waals surface area contributed by atoms with Crippen molar-refractivity contribution in [3.63, 3.8) is 0 Å². The first kappa shape index (κ1) is 18.2. The van der Waals surface area contributed by atoms with E-state index in [1.54, 1.807) is 12.4 Å². The molecule has 1 unspecified atom stereocenters. The van der Waals surface area contributed by atoms with Crippen LogP contribution in [-0.4, -0.2) is 54.1 Å². The summed E-state index contributed by atoms with van der Waals surface area (Å²) in [6.45, 7) is 1.29. The van der Waals surface area contributed by atoms with E-state index in [1.807, 2.05) is 60.3 Å². The van der Waals surface area contributed by atoms with Crippen molar-refractivity contribution < 1.29 is 9.53 Å². The molecule has 4 rings (SSSR count). The minimum atomic E-state index is -0.0893. The summed E-state index contributed by atoms with van der Waals surface area (Å²) in [5.41, 5.74) is 0.716. The van der Waals surface area contributed by atoms with Crippen molar-refractivity contribution in [1.82, 2.24) is 14.9 Å². The summed E-state index contributed by atoms with van der Waals surface area (Å²) in [5.74, 6) is 1.25. The zero-order valence-corrected chi connectivity index (χ0v) is 16.2. The van der Waals surface area contributed by atoms with Crippen LogP contribution < -0.4 is 9.64 Å². The number of nitrogens with zero attached hydrogens (tertiary/aromatic N) is 4. The molecule has 3 aromatic rings. The largest absolute Gasteiger partial charge is 0.470 e. The van der Waals surface area contributed by atoms with E-state index < -0.39 is 0 Å². The molecule has 0 bridgehead atoms. The third kappa shape index (κ3) is 3.76. The maximum atomic E-state index is 13.1. The third-order valence-electron chi connectivity index (χ3n) is 5.01. The van der Waals surface area contributed by atoms with E-state index in [4.69, 9.17) is 4.74 Å². The van der Waals surface area contributed by atoms with Gasteiger partial charge in [-0.05, 0) is 35.7 Å². The molecule has 0 radical (unpaired) electrons. The number of aromatic nitrogens is 2. The summed E-state index contributed by atoms with van der Waals surface area (Å²) < 4.78 is 6.13. The van der Waals surface area contributed by atoms with Gasteiger partial charge in [-0.25, -0.2) is 9.97 Å². The van der Waals surface area contributed by atoms with Gasteiger partial charge in [-0.2, -0.15) is 0 Å². The lowest BCUT2D eigenvalue weighted by atomic mass is 10.0. The number of hydrogen-bond acceptors (Lipinski definition) is 5. The highest BCUT2D eigenvalue weighted by Gasteiger charge is 2.27. The van der Waals surface area contributed by atoms with Crippen molar-refractivity contribution in [2.75, 3.05) is 32.1 Å². The molecule has 1 fully saturated rings. The van der Waals surface area contributed by atoms with Crippen LogP contribution in [0.5, 0.6) is 5.88 Å². The number of piperidine rings is 1. The quantitative estimate of drug-likeness (QED) is 0.699. The lowest BCUT2D eigenvalue weighted by Crippen LogP contribution is -2.44. The maximum Gasteiger partial charge on any atom is 0.257 e. The van der Waals surface area contributed by atoms with Crippen molar-refractivity contribution in [1.29, 1.82) is 0 Å². The number of benzene rings is 2. The molecule has 144 valence electrons. The standard InChI is InChI=1S/C22H24N4O2/c1-25(2)20-21(24-12-11-23-20)28-19-8-5-13-26(15-19)22(27)18-10-9-16-6-3-4-7-17(16)14-18/h3-4,6-7,9-12,14,19H,5,8,13,15H2,1-2H3. The summed E-state index contributed by atoms with van der Waals surface area (Å²) in [5, 5.41) is 2.21. The minimum absolute atomic E-state index is 0.0473. The van der Waals surface area contributed by atoms with Gasteiger partial charge in [0.2, 0.25) is 0 Å². The van der Waals surface area contributed by atoms with Gasteiger partial charge in [0.1, 0.15) is 6.10 Å². The molecule has 2 heterocycles. The van der Waals surface area contributed by atoms with Gasteiger partial charge in [-0.3, -0.25) is 4.79 Å². The van der Waals surface area contributed by atoms with Crippen molar-refractivity contribution >= 4 is 22.5 Å². The summed E-state index contributed by atoms with van der Waals surface area (Å²) in [7, 11) is 3.82. The van der Waals surface area contributed by atoms with E-state index in [1.165, 1.54) is 0 Å². The Morgan fingerprint density at radius 2 is 1.89 bits per heavy atom. The van der Waals surface area contributed by atoms with Gasteiger partial charge in [0.15, 0.2) is 5.82 Å². The Hall–Kier alpha value is -3.15. The normalized spacial score (nSPS) is 16.8. The van der Waals surface area contributed by atoms with Crippen LogP contribution in [0.15, 0.2) is 54.9 Å². The third-order valence-corrected chi connectivity index (χ3v) is 5.01. The Morgan fingerprint density at radius 1 is 1.11 bits per heavy atom. The molecule has 1 amide bonds. The first-order chi connectivity index (χ1) is 13.6. The average molecular weight is 376 g/mol. The van der Waals surface area contributed by atoms with Gasteiger partial charge >= 0.3 is 0 Å². The molecule has 6 heteroatoms. The molecule has 1 atom stereocenters. The van der Waals surface area contributed by atoms with E-state index in [9.17, 15) is 4.79 Å². The Bertz CT molecular complexity index is 989. The van der Waals surface area contributed by atoms with Crippen LogP contribution in [0.2, 0.25) is 0 Å². The van der Waals surface area contributed by atoms with Crippen molar-refractivity contribution in [3.8, 4) is 5.88 Å². The van der Waals surface area contributed by atoms with Crippen LogP contribution >= 0.6 is 0 Å². The molecule has 1 aliphatic rings. The number of anilines is 1. The predicted molar refractivity (Wildman–Crippen MR) is 110 cm³/mol. The fourth-order valence-corrected chi connectivity index (χ4v) is 3.59. The highest BCUT2D eigenvalue weighted by molar-refractivity contribution is 5.98. The van der Waals surface area contributed by atoms with Gasteiger partial charge in [0, 0.05) is 38.6 Å². The molecule has 1 aromatic heterocycles. The molecule has 0 aliphatic carbocycles. The lowest BCUT2D eigenvalue weighted by molar-refractivity contribution is 0.0528. The first-order valence-electron chi connectivity index (χ1n) is 9.55. The second-order valence-corrected chi connectivity index (χ2v) is 7.27. The molecule has 6 nitrogen and oxygen atoms in total. The van der Waals surface area contributed by atoms with E-state index in [-0.39, 0.29) is 12.0 Å². The van der Waals surface area contributed by atoms with Crippen LogP contribution in [0, 0.1) is 0 Å². The number of ether oxygens (including phenoxy) is 1. The van der Waals surface area contributed by atoms with Gasteiger partial charge in [-0.15, -0.1) is 0 Å². The molecular formula is C22H24N4O2. The van der Waals surface area contributed by atoms with Gasteiger partial charge in [0.25, 0.3) is 11.8 Å².